The van der Waals surface area contributed by atoms with Crippen LogP contribution in [-0.4, -0.2) is 30.2 Å². The molecule has 0 aliphatic carbocycles. The van der Waals surface area contributed by atoms with E-state index in [-0.39, 0.29) is 0 Å². The van der Waals surface area contributed by atoms with Crippen molar-refractivity contribution in [1.29, 1.82) is 0 Å². The molecule has 0 radical (unpaired) electrons. The summed E-state index contributed by atoms with van der Waals surface area (Å²) in [7, 11) is 1.65. The van der Waals surface area contributed by atoms with E-state index in [0.717, 1.165) is 42.8 Å². The number of aromatic hydroxyl groups is 1. The van der Waals surface area contributed by atoms with Crippen molar-refractivity contribution >= 4 is 0 Å². The van der Waals surface area contributed by atoms with E-state index >= 15 is 0 Å². The predicted octanol–water partition coefficient (Wildman–Crippen LogP) is 2.88. The Morgan fingerprint density at radius 3 is 2.78 bits per heavy atom. The van der Waals surface area contributed by atoms with Gasteiger partial charge in [0.1, 0.15) is 11.5 Å². The smallest absolute Gasteiger partial charge is 0.120 e. The van der Waals surface area contributed by atoms with Crippen molar-refractivity contribution in [1.82, 2.24) is 4.90 Å². The van der Waals surface area contributed by atoms with E-state index in [1.807, 2.05) is 6.07 Å². The molecule has 1 aromatic carbocycles. The number of phenols is 1. The molecular weight excluding hydrogens is 226 g/mol. The molecule has 1 heterocycles. The Kier molecular flexibility index (Phi) is 4.12. The molecule has 0 saturated carbocycles. The minimum absolute atomic E-state index is 0.363. The van der Waals surface area contributed by atoms with Crippen LogP contribution >= 0.6 is 0 Å². The third-order valence-electron chi connectivity index (χ3n) is 4.10. The Labute approximate surface area is 109 Å². The molecule has 0 bridgehead atoms. The number of piperidine rings is 1. The molecule has 1 N–H and O–H groups in total. The molecule has 3 nitrogen and oxygen atoms in total. The Balaban J connectivity index is 2.05. The van der Waals surface area contributed by atoms with E-state index in [4.69, 9.17) is 4.74 Å². The molecule has 18 heavy (non-hydrogen) atoms. The van der Waals surface area contributed by atoms with Gasteiger partial charge in [0.25, 0.3) is 0 Å². The average Bonchev–Trinajstić information content (AvgIpc) is 2.36. The molecule has 1 saturated heterocycles. The largest absolute Gasteiger partial charge is 0.508 e. The summed E-state index contributed by atoms with van der Waals surface area (Å²) in [5.41, 5.74) is 0.955. The molecule has 1 fully saturated rings. The van der Waals surface area contributed by atoms with Gasteiger partial charge < -0.3 is 9.84 Å². The monoisotopic (exact) mass is 249 g/mol. The first-order valence-corrected chi connectivity index (χ1v) is 6.68. The van der Waals surface area contributed by atoms with Crippen molar-refractivity contribution in [3.8, 4) is 11.5 Å². The Morgan fingerprint density at radius 2 is 2.11 bits per heavy atom. The van der Waals surface area contributed by atoms with Gasteiger partial charge in [0.2, 0.25) is 0 Å². The standard InChI is InChI=1S/C15H23NO2/c1-11-6-7-16(9-12(11)2)10-13-8-14(18-3)4-5-15(13)17/h4-5,8,11-12,17H,6-7,9-10H2,1-3H3. The van der Waals surface area contributed by atoms with Gasteiger partial charge in [-0.1, -0.05) is 13.8 Å². The summed E-state index contributed by atoms with van der Waals surface area (Å²) < 4.78 is 5.21. The summed E-state index contributed by atoms with van der Waals surface area (Å²) >= 11 is 0. The van der Waals surface area contributed by atoms with Gasteiger partial charge in [-0.25, -0.2) is 0 Å². The van der Waals surface area contributed by atoms with Crippen LogP contribution in [-0.2, 0) is 6.54 Å². The molecule has 1 aliphatic rings. The van der Waals surface area contributed by atoms with E-state index in [0.29, 0.717) is 5.75 Å². The minimum Gasteiger partial charge on any atom is -0.508 e. The van der Waals surface area contributed by atoms with Crippen molar-refractivity contribution in [2.45, 2.75) is 26.8 Å². The Bertz CT molecular complexity index is 405. The molecule has 2 unspecified atom stereocenters. The highest BCUT2D eigenvalue weighted by Crippen LogP contribution is 2.28. The zero-order chi connectivity index (χ0) is 13.1. The zero-order valence-corrected chi connectivity index (χ0v) is 11.5. The normalized spacial score (nSPS) is 25.1. The number of benzene rings is 1. The SMILES string of the molecule is COc1ccc(O)c(CN2CCC(C)C(C)C2)c1. The Morgan fingerprint density at radius 1 is 1.33 bits per heavy atom. The summed E-state index contributed by atoms with van der Waals surface area (Å²) in [5.74, 6) is 2.70. The van der Waals surface area contributed by atoms with Crippen molar-refractivity contribution in [2.24, 2.45) is 11.8 Å². The lowest BCUT2D eigenvalue weighted by Crippen LogP contribution is -2.37. The second-order valence-electron chi connectivity index (χ2n) is 5.47. The van der Waals surface area contributed by atoms with Crippen molar-refractivity contribution in [3.05, 3.63) is 23.8 Å². The molecule has 1 aliphatic heterocycles. The van der Waals surface area contributed by atoms with Gasteiger partial charge in [-0.05, 0) is 43.0 Å². The molecule has 0 spiro atoms. The number of likely N-dealkylation sites (tertiary alicyclic amines) is 1. The fraction of sp³-hybridized carbons (Fsp3) is 0.600. The second-order valence-corrected chi connectivity index (χ2v) is 5.47. The van der Waals surface area contributed by atoms with E-state index < -0.39 is 0 Å². The van der Waals surface area contributed by atoms with E-state index in [2.05, 4.69) is 18.7 Å². The van der Waals surface area contributed by atoms with E-state index in [1.54, 1.807) is 19.2 Å². The number of hydrogen-bond acceptors (Lipinski definition) is 3. The third kappa shape index (κ3) is 2.96. The zero-order valence-electron chi connectivity index (χ0n) is 11.5. The summed E-state index contributed by atoms with van der Waals surface area (Å²) in [6.07, 6.45) is 1.24. The van der Waals surface area contributed by atoms with Crippen LogP contribution in [0.25, 0.3) is 0 Å². The summed E-state index contributed by atoms with van der Waals surface area (Å²) in [6, 6.07) is 5.43. The van der Waals surface area contributed by atoms with Gasteiger partial charge in [0.05, 0.1) is 7.11 Å². The van der Waals surface area contributed by atoms with E-state index in [1.165, 1.54) is 6.42 Å². The fourth-order valence-corrected chi connectivity index (χ4v) is 2.55. The van der Waals surface area contributed by atoms with Crippen molar-refractivity contribution in [2.75, 3.05) is 20.2 Å². The maximum absolute atomic E-state index is 9.90. The number of ether oxygens (including phenoxy) is 1. The average molecular weight is 249 g/mol. The number of nitrogens with zero attached hydrogens (tertiary/aromatic N) is 1. The molecule has 3 heteroatoms. The highest BCUT2D eigenvalue weighted by molar-refractivity contribution is 5.39. The van der Waals surface area contributed by atoms with Crippen LogP contribution in [0, 0.1) is 11.8 Å². The molecule has 2 atom stereocenters. The number of phenolic OH excluding ortho intramolecular Hbond substituents is 1. The lowest BCUT2D eigenvalue weighted by atomic mass is 9.88. The highest BCUT2D eigenvalue weighted by atomic mass is 16.5. The lowest BCUT2D eigenvalue weighted by molar-refractivity contribution is 0.131. The molecule has 2 rings (SSSR count). The molecule has 100 valence electrons. The van der Waals surface area contributed by atoms with Gasteiger partial charge >= 0.3 is 0 Å². The van der Waals surface area contributed by atoms with Crippen molar-refractivity contribution in [3.63, 3.8) is 0 Å². The number of hydrogen-bond donors (Lipinski definition) is 1. The number of rotatable bonds is 3. The molecule has 0 amide bonds. The van der Waals surface area contributed by atoms with Crippen LogP contribution in [0.3, 0.4) is 0 Å². The minimum atomic E-state index is 0.363. The van der Waals surface area contributed by atoms with Crippen LogP contribution in [0.4, 0.5) is 0 Å². The maximum atomic E-state index is 9.90. The van der Waals surface area contributed by atoms with Gasteiger partial charge in [0, 0.05) is 18.7 Å². The highest BCUT2D eigenvalue weighted by Gasteiger charge is 2.23. The van der Waals surface area contributed by atoms with Crippen LogP contribution < -0.4 is 4.74 Å². The van der Waals surface area contributed by atoms with Crippen molar-refractivity contribution < 1.29 is 9.84 Å². The number of methoxy groups -OCH3 is 1. The Hall–Kier alpha value is -1.22. The van der Waals surface area contributed by atoms with Gasteiger partial charge in [-0.15, -0.1) is 0 Å². The van der Waals surface area contributed by atoms with Gasteiger partial charge in [-0.3, -0.25) is 4.90 Å². The third-order valence-corrected chi connectivity index (χ3v) is 4.10. The van der Waals surface area contributed by atoms with Crippen LogP contribution in [0.1, 0.15) is 25.8 Å². The van der Waals surface area contributed by atoms with Crippen LogP contribution in [0.2, 0.25) is 0 Å². The summed E-state index contributed by atoms with van der Waals surface area (Å²) in [5, 5.41) is 9.90. The maximum Gasteiger partial charge on any atom is 0.120 e. The van der Waals surface area contributed by atoms with Gasteiger partial charge in [0.15, 0.2) is 0 Å². The topological polar surface area (TPSA) is 32.7 Å². The lowest BCUT2D eigenvalue weighted by Gasteiger charge is -2.35. The molecule has 1 aromatic rings. The van der Waals surface area contributed by atoms with E-state index in [9.17, 15) is 5.11 Å². The second kappa shape index (κ2) is 5.61. The van der Waals surface area contributed by atoms with Crippen LogP contribution in [0.5, 0.6) is 11.5 Å². The first-order valence-electron chi connectivity index (χ1n) is 6.68. The summed E-state index contributed by atoms with van der Waals surface area (Å²) in [6.45, 7) is 7.66. The molecule has 0 aromatic heterocycles. The molecular formula is C15H23NO2. The first-order chi connectivity index (χ1) is 8.60. The quantitative estimate of drug-likeness (QED) is 0.894. The first kappa shape index (κ1) is 13.2. The summed E-state index contributed by atoms with van der Waals surface area (Å²) in [4.78, 5) is 2.42. The predicted molar refractivity (Wildman–Crippen MR) is 72.9 cm³/mol. The van der Waals surface area contributed by atoms with Gasteiger partial charge in [-0.2, -0.15) is 0 Å². The fourth-order valence-electron chi connectivity index (χ4n) is 2.55. The van der Waals surface area contributed by atoms with Crippen LogP contribution in [0.15, 0.2) is 18.2 Å².